The van der Waals surface area contributed by atoms with Gasteiger partial charge in [-0.2, -0.15) is 0 Å². The summed E-state index contributed by atoms with van der Waals surface area (Å²) in [6, 6.07) is 27.4. The summed E-state index contributed by atoms with van der Waals surface area (Å²) in [5.74, 6) is 2.76. The van der Waals surface area contributed by atoms with Gasteiger partial charge in [0, 0.05) is 51.2 Å². The summed E-state index contributed by atoms with van der Waals surface area (Å²) in [6.07, 6.45) is 1.34. The molecule has 5 amide bonds. The number of primary amides is 1. The van der Waals surface area contributed by atoms with Crippen LogP contribution in [0.15, 0.2) is 122 Å². The number of morpholine rings is 1. The lowest BCUT2D eigenvalue weighted by Crippen LogP contribution is -2.59. The molecule has 0 radical (unpaired) electrons. The molecule has 4 aromatic carbocycles. The van der Waals surface area contributed by atoms with Crippen LogP contribution in [0.25, 0.3) is 0 Å². The number of phenolic OH excluding ortho intramolecular Hbond substituents is 1. The van der Waals surface area contributed by atoms with Gasteiger partial charge in [0.2, 0.25) is 17.8 Å². The normalized spacial score (nSPS) is 23.3. The maximum absolute atomic E-state index is 16.3. The zero-order chi connectivity index (χ0) is 46.0. The molecule has 4 aliphatic rings. The van der Waals surface area contributed by atoms with Crippen LogP contribution in [-0.4, -0.2) is 114 Å². The molecule has 4 aliphatic heterocycles. The Morgan fingerprint density at radius 3 is 2.20 bits per heavy atom. The van der Waals surface area contributed by atoms with Crippen molar-refractivity contribution < 1.29 is 43.3 Å². The summed E-state index contributed by atoms with van der Waals surface area (Å²) in [4.78, 5) is 88.9. The predicted molar refractivity (Wildman–Crippen MR) is 239 cm³/mol. The number of aromatic hydroxyl groups is 1. The van der Waals surface area contributed by atoms with Crippen molar-refractivity contribution >= 4 is 41.5 Å². The fraction of sp³-hybridized carbons (Fsp3) is 0.286. The summed E-state index contributed by atoms with van der Waals surface area (Å²) < 4.78 is 17.4. The zero-order valence-electron chi connectivity index (χ0n) is 35.9. The van der Waals surface area contributed by atoms with E-state index < -0.39 is 65.5 Å². The van der Waals surface area contributed by atoms with E-state index in [1.54, 1.807) is 53.7 Å². The molecule has 0 saturated carbocycles. The number of rotatable bonds is 9. The number of nitrogens with zero attached hydrogens (tertiary/aromatic N) is 6. The average Bonchev–Trinajstić information content (AvgIpc) is 3.80. The first-order chi connectivity index (χ1) is 32.1. The fourth-order valence-corrected chi connectivity index (χ4v) is 9.93. The number of nitrogens with two attached hydrogens (primary N) is 1. The van der Waals surface area contributed by atoms with Gasteiger partial charge in [-0.3, -0.25) is 19.3 Å². The molecule has 4 N–H and O–H groups in total. The van der Waals surface area contributed by atoms with E-state index in [1.165, 1.54) is 19.2 Å². The number of piperazine rings is 1. The first-order valence-corrected chi connectivity index (χ1v) is 21.5. The highest BCUT2D eigenvalue weighted by Gasteiger charge is 2.76. The van der Waals surface area contributed by atoms with Crippen LogP contribution in [0.4, 0.5) is 21.2 Å². The van der Waals surface area contributed by atoms with Gasteiger partial charge in [-0.1, -0.05) is 84.6 Å². The van der Waals surface area contributed by atoms with Crippen molar-refractivity contribution in [3.05, 3.63) is 149 Å². The Balaban J connectivity index is 1.31. The third kappa shape index (κ3) is 7.69. The second-order valence-corrected chi connectivity index (χ2v) is 16.2. The monoisotopic (exact) mass is 890 g/mol. The van der Waals surface area contributed by atoms with Crippen molar-refractivity contribution in [1.82, 2.24) is 25.1 Å². The Morgan fingerprint density at radius 2 is 1.53 bits per heavy atom. The molecule has 6 atom stereocenters. The summed E-state index contributed by atoms with van der Waals surface area (Å²) in [5, 5.41) is 13.2. The van der Waals surface area contributed by atoms with Crippen molar-refractivity contribution in [2.45, 2.75) is 29.6 Å². The van der Waals surface area contributed by atoms with Gasteiger partial charge in [0.05, 0.1) is 36.8 Å². The summed E-state index contributed by atoms with van der Waals surface area (Å²) >= 11 is 0. The van der Waals surface area contributed by atoms with E-state index in [4.69, 9.17) is 19.9 Å². The van der Waals surface area contributed by atoms with Crippen LogP contribution in [-0.2, 0) is 34.0 Å². The number of esters is 1. The second-order valence-electron chi connectivity index (χ2n) is 16.2. The number of urea groups is 1. The van der Waals surface area contributed by atoms with Gasteiger partial charge in [-0.05, 0) is 58.7 Å². The zero-order valence-corrected chi connectivity index (χ0v) is 35.9. The number of benzene rings is 4. The van der Waals surface area contributed by atoms with Crippen LogP contribution < -0.4 is 20.9 Å². The summed E-state index contributed by atoms with van der Waals surface area (Å²) in [6.45, 7) is 0.830. The lowest BCUT2D eigenvalue weighted by molar-refractivity contribution is -0.179. The molecule has 5 aromatic rings. The highest BCUT2D eigenvalue weighted by Crippen LogP contribution is 2.66. The molecule has 3 fully saturated rings. The molecule has 1 aromatic heterocycles. The van der Waals surface area contributed by atoms with E-state index in [2.05, 4.69) is 27.1 Å². The van der Waals surface area contributed by atoms with Crippen molar-refractivity contribution in [3.63, 3.8) is 0 Å². The smallest absolute Gasteiger partial charge is 0.421 e. The third-order valence-corrected chi connectivity index (χ3v) is 12.6. The Kier molecular flexibility index (Phi) is 12.1. The Labute approximate surface area is 380 Å². The van der Waals surface area contributed by atoms with Crippen LogP contribution >= 0.6 is 0 Å². The van der Waals surface area contributed by atoms with E-state index >= 15 is 14.4 Å². The van der Waals surface area contributed by atoms with E-state index in [-0.39, 0.29) is 49.8 Å². The lowest BCUT2D eigenvalue weighted by atomic mass is 9.65. The van der Waals surface area contributed by atoms with Gasteiger partial charge >= 0.3 is 18.1 Å². The minimum atomic E-state index is -2.06. The molecule has 0 aliphatic carbocycles. The number of ether oxygens (including phenoxy) is 3. The van der Waals surface area contributed by atoms with Gasteiger partial charge in [-0.15, -0.1) is 0 Å². The van der Waals surface area contributed by atoms with Crippen LogP contribution in [0.5, 0.6) is 5.75 Å². The number of aromatic nitrogens is 2. The first-order valence-electron chi connectivity index (χ1n) is 21.5. The van der Waals surface area contributed by atoms with E-state index in [1.807, 2.05) is 70.5 Å². The maximum atomic E-state index is 16.3. The van der Waals surface area contributed by atoms with Gasteiger partial charge in [0.1, 0.15) is 29.9 Å². The Bertz CT molecular complexity index is 2690. The summed E-state index contributed by atoms with van der Waals surface area (Å²) in [7, 11) is 1.45. The molecule has 66 heavy (non-hydrogen) atoms. The standard InChI is InChI=1S/C49H46N8O9/c1-64-28-29-65-48(63)56-37-20-15-31(10-8-21-51-46(50)62)30-36(37)49(45(56)61)38(43(59)54-24-26-55(27-25-54)47-52-22-9-23-53-47)40-44(60)66-41(33-13-6-3-7-14-33)39(32-11-4-2-5-12-32)57(40)42(49)34-16-18-35(58)19-17-34/h2-7,9,11-20,22-23,30,38-42,58H,21,24-29H2,1H3,(H3,50,51,62)/t38-,39-,40-,41+,42+,49-/m0/s1. The third-order valence-electron chi connectivity index (χ3n) is 12.6. The quantitative estimate of drug-likeness (QED) is 0.109. The van der Waals surface area contributed by atoms with Crippen LogP contribution in [0.3, 0.4) is 0 Å². The highest BCUT2D eigenvalue weighted by molar-refractivity contribution is 6.23. The second kappa shape index (κ2) is 18.4. The molecule has 5 heterocycles. The number of carbonyl (C=O) groups excluding carboxylic acids is 5. The number of imide groups is 1. The van der Waals surface area contributed by atoms with Gasteiger partial charge in [0.25, 0.3) is 0 Å². The van der Waals surface area contributed by atoms with Crippen molar-refractivity contribution in [3.8, 4) is 17.6 Å². The Hall–Kier alpha value is -7.81. The van der Waals surface area contributed by atoms with Gasteiger partial charge < -0.3 is 40.2 Å². The fourth-order valence-electron chi connectivity index (χ4n) is 9.93. The molecule has 336 valence electrons. The molecule has 9 rings (SSSR count). The number of anilines is 2. The lowest BCUT2D eigenvalue weighted by Gasteiger charge is -2.46. The number of cyclic esters (lactones) is 1. The molecular weight excluding hydrogens is 845 g/mol. The van der Waals surface area contributed by atoms with Crippen molar-refractivity contribution in [2.75, 3.05) is 62.8 Å². The van der Waals surface area contributed by atoms with E-state index in [9.17, 15) is 14.7 Å². The molecule has 3 saturated heterocycles. The van der Waals surface area contributed by atoms with Gasteiger partial charge in [0.15, 0.2) is 0 Å². The van der Waals surface area contributed by atoms with Crippen LogP contribution in [0, 0.1) is 17.8 Å². The van der Waals surface area contributed by atoms with E-state index in [0.717, 1.165) is 10.5 Å². The van der Waals surface area contributed by atoms with E-state index in [0.29, 0.717) is 35.7 Å². The molecule has 1 spiro atoms. The SMILES string of the molecule is COCCOC(=O)N1C(=O)[C@@]2(c3cc(C#CCNC(N)=O)ccc31)[C@H](C(=O)N1CCN(c3ncccn3)CC1)[C@H]1C(=O)O[C@H](c3ccccc3)[C@H](c3ccccc3)N1[C@@H]2c1ccc(O)cc1. The van der Waals surface area contributed by atoms with Crippen LogP contribution in [0.2, 0.25) is 0 Å². The Morgan fingerprint density at radius 1 is 0.848 bits per heavy atom. The molecule has 0 unspecified atom stereocenters. The number of carbonyl (C=O) groups is 5. The summed E-state index contributed by atoms with van der Waals surface area (Å²) in [5.41, 5.74) is 5.86. The molecule has 17 nitrogen and oxygen atoms in total. The topological polar surface area (TPSA) is 210 Å². The number of methoxy groups -OCH3 is 1. The minimum Gasteiger partial charge on any atom is -0.508 e. The molecular formula is C49H46N8O9. The van der Waals surface area contributed by atoms with Crippen molar-refractivity contribution in [2.24, 2.45) is 11.7 Å². The van der Waals surface area contributed by atoms with Crippen molar-refractivity contribution in [1.29, 1.82) is 0 Å². The van der Waals surface area contributed by atoms with Gasteiger partial charge in [-0.25, -0.2) is 24.5 Å². The predicted octanol–water partition coefficient (Wildman–Crippen LogP) is 4.00. The number of amides is 5. The number of hydrogen-bond donors (Lipinski definition) is 3. The highest BCUT2D eigenvalue weighted by atomic mass is 16.6. The van der Waals surface area contributed by atoms with Crippen LogP contribution in [0.1, 0.15) is 46.0 Å². The minimum absolute atomic E-state index is 0.0399. The number of nitrogens with one attached hydrogen (secondary N) is 1. The first kappa shape index (κ1) is 43.4. The average molecular weight is 891 g/mol. The number of hydrogen-bond acceptors (Lipinski definition) is 13. The largest absolute Gasteiger partial charge is 0.508 e. The molecule has 17 heteroatoms. The number of phenols is 1. The number of fused-ring (bicyclic) bond motifs is 3. The maximum Gasteiger partial charge on any atom is 0.421 e. The molecule has 0 bridgehead atoms.